The van der Waals surface area contributed by atoms with Crippen LogP contribution in [-0.2, 0) is 10.0 Å². The average Bonchev–Trinajstić information content (AvgIpc) is 2.80. The minimum atomic E-state index is -3.80. The Kier molecular flexibility index (Phi) is 5.80. The van der Waals surface area contributed by atoms with Gasteiger partial charge in [-0.15, -0.1) is 0 Å². The lowest BCUT2D eigenvalue weighted by Gasteiger charge is -2.20. The van der Waals surface area contributed by atoms with Gasteiger partial charge < -0.3 is 4.74 Å². The van der Waals surface area contributed by atoms with E-state index in [-0.39, 0.29) is 16.3 Å². The lowest BCUT2D eigenvalue weighted by Crippen LogP contribution is -2.26. The quantitative estimate of drug-likeness (QED) is 0.303. The van der Waals surface area contributed by atoms with Crippen LogP contribution >= 0.6 is 0 Å². The van der Waals surface area contributed by atoms with Crippen LogP contribution < -0.4 is 14.6 Å². The predicted molar refractivity (Wildman–Crippen MR) is 126 cm³/mol. The van der Waals surface area contributed by atoms with Crippen LogP contribution in [0.3, 0.4) is 0 Å². The van der Waals surface area contributed by atoms with Crippen molar-refractivity contribution in [2.75, 3.05) is 11.4 Å². The Morgan fingerprint density at radius 2 is 1.74 bits per heavy atom. The summed E-state index contributed by atoms with van der Waals surface area (Å²) in [5.74, 6) is -0.305. The van der Waals surface area contributed by atoms with Gasteiger partial charge in [-0.3, -0.25) is 23.6 Å². The molecule has 2 aromatic carbocycles. The zero-order valence-electron chi connectivity index (χ0n) is 18.5. The molecule has 0 saturated carbocycles. The summed E-state index contributed by atoms with van der Waals surface area (Å²) in [5.41, 5.74) is 0.706. The van der Waals surface area contributed by atoms with Crippen molar-refractivity contribution in [1.82, 2.24) is 9.38 Å². The largest absolute Gasteiger partial charge is 0.433 e. The number of fused-ring (bicyclic) bond motifs is 1. The summed E-state index contributed by atoms with van der Waals surface area (Å²) < 4.78 is 33.8. The second-order valence-electron chi connectivity index (χ2n) is 7.57. The number of aryl methyl sites for hydroxylation is 2. The maximum atomic E-state index is 13.0. The Morgan fingerprint density at radius 3 is 2.38 bits per heavy atom. The van der Waals surface area contributed by atoms with Crippen LogP contribution in [0.1, 0.15) is 11.1 Å². The zero-order chi connectivity index (χ0) is 24.6. The van der Waals surface area contributed by atoms with Gasteiger partial charge in [0, 0.05) is 13.2 Å². The molecule has 174 valence electrons. The lowest BCUT2D eigenvalue weighted by molar-refractivity contribution is -0.387. The molecular weight excluding hydrogens is 460 g/mol. The first-order chi connectivity index (χ1) is 16.1. The van der Waals surface area contributed by atoms with Gasteiger partial charge in [0.25, 0.3) is 10.0 Å². The molecular formula is C23H20N4O6S. The minimum absolute atomic E-state index is 0.149. The third-order valence-electron chi connectivity index (χ3n) is 5.41. The number of nitrogens with zero attached hydrogens (tertiary/aromatic N) is 4. The van der Waals surface area contributed by atoms with Crippen LogP contribution in [0.25, 0.3) is 5.65 Å². The fourth-order valence-corrected chi connectivity index (χ4v) is 4.58. The Labute approximate surface area is 194 Å². The number of hydrogen-bond acceptors (Lipinski definition) is 7. The molecule has 0 N–H and O–H groups in total. The third kappa shape index (κ3) is 4.08. The molecule has 0 radical (unpaired) electrons. The van der Waals surface area contributed by atoms with Gasteiger partial charge in [0.1, 0.15) is 11.4 Å². The molecule has 10 nitrogen and oxygen atoms in total. The highest BCUT2D eigenvalue weighted by atomic mass is 32.2. The predicted octanol–water partition coefficient (Wildman–Crippen LogP) is 3.84. The SMILES string of the molecule is Cc1ccc(S(=O)(=O)N(C)c2ccc(Oc3nc4ccccn4c(=O)c3[N+](=O)[O-])cc2)cc1C. The molecule has 4 aromatic rings. The average molecular weight is 481 g/mol. The number of sulfonamides is 1. The van der Waals surface area contributed by atoms with Crippen LogP contribution in [0, 0.1) is 24.0 Å². The highest BCUT2D eigenvalue weighted by Crippen LogP contribution is 2.30. The van der Waals surface area contributed by atoms with E-state index in [1.165, 1.54) is 43.6 Å². The van der Waals surface area contributed by atoms with Gasteiger partial charge in [-0.05, 0) is 73.5 Å². The maximum absolute atomic E-state index is 13.0. The molecule has 0 unspecified atom stereocenters. The van der Waals surface area contributed by atoms with E-state index in [1.54, 1.807) is 30.3 Å². The molecule has 4 rings (SSSR count). The monoisotopic (exact) mass is 480 g/mol. The van der Waals surface area contributed by atoms with E-state index in [2.05, 4.69) is 4.98 Å². The van der Waals surface area contributed by atoms with Crippen molar-refractivity contribution in [3.8, 4) is 11.6 Å². The molecule has 0 aliphatic heterocycles. The molecule has 2 heterocycles. The van der Waals surface area contributed by atoms with Gasteiger partial charge in [0.15, 0.2) is 0 Å². The number of ether oxygens (including phenoxy) is 1. The Hall–Kier alpha value is -4.25. The van der Waals surface area contributed by atoms with E-state index >= 15 is 0 Å². The zero-order valence-corrected chi connectivity index (χ0v) is 19.3. The molecule has 34 heavy (non-hydrogen) atoms. The molecule has 0 atom stereocenters. The summed E-state index contributed by atoms with van der Waals surface area (Å²) >= 11 is 0. The smallest absolute Gasteiger partial charge is 0.396 e. The first kappa shape index (κ1) is 22.9. The van der Waals surface area contributed by atoms with Crippen molar-refractivity contribution in [1.29, 1.82) is 0 Å². The highest BCUT2D eigenvalue weighted by molar-refractivity contribution is 7.92. The van der Waals surface area contributed by atoms with E-state index in [9.17, 15) is 23.3 Å². The van der Waals surface area contributed by atoms with E-state index in [1.807, 2.05) is 13.8 Å². The van der Waals surface area contributed by atoms with Gasteiger partial charge in [-0.2, -0.15) is 4.98 Å². The fraction of sp³-hybridized carbons (Fsp3) is 0.130. The number of rotatable bonds is 6. The van der Waals surface area contributed by atoms with Crippen molar-refractivity contribution in [2.45, 2.75) is 18.7 Å². The number of hydrogen-bond donors (Lipinski definition) is 0. The molecule has 11 heteroatoms. The second-order valence-corrected chi connectivity index (χ2v) is 9.54. The van der Waals surface area contributed by atoms with Gasteiger partial charge in [0.2, 0.25) is 0 Å². The molecule has 0 spiro atoms. The van der Waals surface area contributed by atoms with E-state index in [4.69, 9.17) is 4.74 Å². The summed E-state index contributed by atoms with van der Waals surface area (Å²) in [6, 6.07) is 15.5. The molecule has 0 saturated heterocycles. The van der Waals surface area contributed by atoms with Gasteiger partial charge in [-0.25, -0.2) is 8.42 Å². The fourth-order valence-electron chi connectivity index (χ4n) is 3.29. The maximum Gasteiger partial charge on any atom is 0.396 e. The standard InChI is InChI=1S/C23H20N4O6S/c1-15-7-12-19(14-16(15)2)34(31,32)25(3)17-8-10-18(11-9-17)33-22-21(27(29)30)23(28)26-13-5-4-6-20(26)24-22/h4-14H,1-3H3. The van der Waals surface area contributed by atoms with E-state index < -0.39 is 32.1 Å². The minimum Gasteiger partial charge on any atom is -0.433 e. The van der Waals surface area contributed by atoms with Crippen molar-refractivity contribution in [3.63, 3.8) is 0 Å². The summed E-state index contributed by atoms with van der Waals surface area (Å²) in [6.07, 6.45) is 1.38. The molecule has 0 amide bonds. The van der Waals surface area contributed by atoms with Crippen LogP contribution in [0.5, 0.6) is 11.6 Å². The molecule has 0 fully saturated rings. The van der Waals surface area contributed by atoms with E-state index in [0.29, 0.717) is 5.69 Å². The third-order valence-corrected chi connectivity index (χ3v) is 7.19. The number of benzene rings is 2. The van der Waals surface area contributed by atoms with Crippen LogP contribution in [0.15, 0.2) is 76.6 Å². The first-order valence-corrected chi connectivity index (χ1v) is 11.5. The molecule has 0 aliphatic carbocycles. The van der Waals surface area contributed by atoms with Crippen molar-refractivity contribution in [3.05, 3.63) is 98.5 Å². The molecule has 0 aliphatic rings. The number of nitro groups is 1. The summed E-state index contributed by atoms with van der Waals surface area (Å²) in [7, 11) is -2.38. The van der Waals surface area contributed by atoms with Gasteiger partial charge in [-0.1, -0.05) is 12.1 Å². The Morgan fingerprint density at radius 1 is 1.03 bits per heavy atom. The number of anilines is 1. The van der Waals surface area contributed by atoms with Gasteiger partial charge >= 0.3 is 17.1 Å². The summed E-state index contributed by atoms with van der Waals surface area (Å²) in [4.78, 5) is 27.5. The highest BCUT2D eigenvalue weighted by Gasteiger charge is 2.26. The topological polar surface area (TPSA) is 124 Å². The summed E-state index contributed by atoms with van der Waals surface area (Å²) in [6.45, 7) is 3.74. The second kappa shape index (κ2) is 8.60. The summed E-state index contributed by atoms with van der Waals surface area (Å²) in [5, 5.41) is 11.5. The van der Waals surface area contributed by atoms with Crippen molar-refractivity contribution in [2.24, 2.45) is 0 Å². The van der Waals surface area contributed by atoms with Crippen molar-refractivity contribution >= 4 is 27.0 Å². The van der Waals surface area contributed by atoms with Crippen LogP contribution in [-0.4, -0.2) is 29.8 Å². The Bertz CT molecular complexity index is 1580. The van der Waals surface area contributed by atoms with Crippen LogP contribution in [0.2, 0.25) is 0 Å². The molecule has 2 aromatic heterocycles. The van der Waals surface area contributed by atoms with E-state index in [0.717, 1.165) is 19.8 Å². The number of pyridine rings is 1. The Balaban J connectivity index is 1.65. The number of aromatic nitrogens is 2. The lowest BCUT2D eigenvalue weighted by atomic mass is 10.1. The first-order valence-electron chi connectivity index (χ1n) is 10.1. The van der Waals surface area contributed by atoms with Crippen molar-refractivity contribution < 1.29 is 18.1 Å². The van der Waals surface area contributed by atoms with Gasteiger partial charge in [0.05, 0.1) is 15.5 Å². The molecule has 0 bridgehead atoms. The van der Waals surface area contributed by atoms with Crippen LogP contribution in [0.4, 0.5) is 11.4 Å². The normalized spacial score (nSPS) is 11.4.